The summed E-state index contributed by atoms with van der Waals surface area (Å²) in [5.74, 6) is -1.57. The van der Waals surface area contributed by atoms with E-state index in [-0.39, 0.29) is 12.3 Å². The lowest BCUT2D eigenvalue weighted by Crippen LogP contribution is -2.39. The fourth-order valence-corrected chi connectivity index (χ4v) is 1.46. The summed E-state index contributed by atoms with van der Waals surface area (Å²) in [7, 11) is 1.49. The predicted octanol–water partition coefficient (Wildman–Crippen LogP) is -0.813. The first-order valence-electron chi connectivity index (χ1n) is 5.61. The van der Waals surface area contributed by atoms with E-state index in [1.165, 1.54) is 7.05 Å². The third kappa shape index (κ3) is 4.07. The molecule has 7 nitrogen and oxygen atoms in total. The number of amides is 3. The average Bonchev–Trinajstić information content (AvgIpc) is 2.37. The standard InChI is InChI=1S/C12H16N4O3/c1-15-11(18)7-4-2-3-5-9(7)16-12(19)8(13)6-10(14)17/h2-5,8H,6,13H2,1H3,(H2,14,17)(H,15,18)(H,16,19). The molecule has 1 atom stereocenters. The number of anilines is 1. The Bertz CT molecular complexity index is 502. The Kier molecular flexibility index (Phi) is 5.01. The molecule has 7 heteroatoms. The normalized spacial score (nSPS) is 11.5. The van der Waals surface area contributed by atoms with Crippen LogP contribution in [0.1, 0.15) is 16.8 Å². The number of hydrogen-bond donors (Lipinski definition) is 4. The summed E-state index contributed by atoms with van der Waals surface area (Å²) in [6, 6.07) is 5.42. The summed E-state index contributed by atoms with van der Waals surface area (Å²) in [5.41, 5.74) is 11.1. The molecule has 0 saturated carbocycles. The van der Waals surface area contributed by atoms with Crippen LogP contribution in [0.4, 0.5) is 5.69 Å². The van der Waals surface area contributed by atoms with E-state index < -0.39 is 17.9 Å². The molecule has 102 valence electrons. The molecule has 0 bridgehead atoms. The lowest BCUT2D eigenvalue weighted by Gasteiger charge is -2.13. The molecule has 1 rings (SSSR count). The van der Waals surface area contributed by atoms with Crippen LogP contribution in [-0.4, -0.2) is 30.8 Å². The number of para-hydroxylation sites is 1. The van der Waals surface area contributed by atoms with E-state index in [0.717, 1.165) is 0 Å². The molecule has 0 aliphatic rings. The van der Waals surface area contributed by atoms with Crippen LogP contribution in [0.25, 0.3) is 0 Å². The molecule has 1 unspecified atom stereocenters. The lowest BCUT2D eigenvalue weighted by atomic mass is 10.1. The van der Waals surface area contributed by atoms with Gasteiger partial charge < -0.3 is 22.1 Å². The maximum absolute atomic E-state index is 11.7. The fourth-order valence-electron chi connectivity index (χ4n) is 1.46. The molecule has 3 amide bonds. The van der Waals surface area contributed by atoms with Gasteiger partial charge in [-0.2, -0.15) is 0 Å². The molecule has 0 aliphatic heterocycles. The molecule has 6 N–H and O–H groups in total. The largest absolute Gasteiger partial charge is 0.370 e. The van der Waals surface area contributed by atoms with Gasteiger partial charge in [0.15, 0.2) is 0 Å². The topological polar surface area (TPSA) is 127 Å². The van der Waals surface area contributed by atoms with Crippen LogP contribution in [0.5, 0.6) is 0 Å². The Labute approximate surface area is 110 Å². The quantitative estimate of drug-likeness (QED) is 0.554. The predicted molar refractivity (Wildman–Crippen MR) is 70.2 cm³/mol. The molecule has 0 fully saturated rings. The van der Waals surface area contributed by atoms with Crippen LogP contribution >= 0.6 is 0 Å². The van der Waals surface area contributed by atoms with Gasteiger partial charge >= 0.3 is 0 Å². The van der Waals surface area contributed by atoms with Crippen molar-refractivity contribution in [2.45, 2.75) is 12.5 Å². The molecule has 0 saturated heterocycles. The first-order chi connectivity index (χ1) is 8.95. The number of nitrogens with one attached hydrogen (secondary N) is 2. The average molecular weight is 264 g/mol. The van der Waals surface area contributed by atoms with E-state index in [9.17, 15) is 14.4 Å². The van der Waals surface area contributed by atoms with E-state index >= 15 is 0 Å². The number of carbonyl (C=O) groups is 3. The van der Waals surface area contributed by atoms with Gasteiger partial charge in [-0.05, 0) is 12.1 Å². The van der Waals surface area contributed by atoms with Crippen molar-refractivity contribution in [1.29, 1.82) is 0 Å². The van der Waals surface area contributed by atoms with Gasteiger partial charge in [0.25, 0.3) is 5.91 Å². The Hall–Kier alpha value is -2.41. The zero-order valence-electron chi connectivity index (χ0n) is 10.5. The van der Waals surface area contributed by atoms with Crippen molar-refractivity contribution >= 4 is 23.4 Å². The minimum atomic E-state index is -1.05. The first-order valence-corrected chi connectivity index (χ1v) is 5.61. The van der Waals surface area contributed by atoms with Crippen LogP contribution < -0.4 is 22.1 Å². The summed E-state index contributed by atoms with van der Waals surface area (Å²) < 4.78 is 0. The van der Waals surface area contributed by atoms with Gasteiger partial charge in [-0.1, -0.05) is 12.1 Å². The molecular formula is C12H16N4O3. The van der Waals surface area contributed by atoms with E-state index in [2.05, 4.69) is 10.6 Å². The van der Waals surface area contributed by atoms with Crippen LogP contribution in [0, 0.1) is 0 Å². The van der Waals surface area contributed by atoms with Crippen molar-refractivity contribution in [3.63, 3.8) is 0 Å². The monoisotopic (exact) mass is 264 g/mol. The van der Waals surface area contributed by atoms with Crippen molar-refractivity contribution in [1.82, 2.24) is 5.32 Å². The summed E-state index contributed by atoms with van der Waals surface area (Å²) in [6.45, 7) is 0. The van der Waals surface area contributed by atoms with Crippen molar-refractivity contribution in [3.05, 3.63) is 29.8 Å². The maximum atomic E-state index is 11.7. The van der Waals surface area contributed by atoms with Crippen LogP contribution in [-0.2, 0) is 9.59 Å². The van der Waals surface area contributed by atoms with Gasteiger partial charge in [-0.15, -0.1) is 0 Å². The van der Waals surface area contributed by atoms with Crippen molar-refractivity contribution in [2.75, 3.05) is 12.4 Å². The highest BCUT2D eigenvalue weighted by Gasteiger charge is 2.18. The van der Waals surface area contributed by atoms with E-state index in [4.69, 9.17) is 11.5 Å². The second-order valence-corrected chi connectivity index (χ2v) is 3.89. The highest BCUT2D eigenvalue weighted by molar-refractivity contribution is 6.05. The molecule has 1 aromatic rings. The summed E-state index contributed by atoms with van der Waals surface area (Å²) in [4.78, 5) is 34.0. The van der Waals surface area contributed by atoms with E-state index in [1.54, 1.807) is 24.3 Å². The van der Waals surface area contributed by atoms with Gasteiger partial charge in [0, 0.05) is 7.05 Å². The molecule has 0 radical (unpaired) electrons. The molecular weight excluding hydrogens is 248 g/mol. The van der Waals surface area contributed by atoms with Crippen LogP contribution in [0.15, 0.2) is 24.3 Å². The summed E-state index contributed by atoms with van der Waals surface area (Å²) in [5, 5.41) is 4.96. The molecule has 19 heavy (non-hydrogen) atoms. The molecule has 0 spiro atoms. The van der Waals surface area contributed by atoms with E-state index in [1.807, 2.05) is 0 Å². The van der Waals surface area contributed by atoms with Gasteiger partial charge in [-0.3, -0.25) is 14.4 Å². The van der Waals surface area contributed by atoms with Gasteiger partial charge in [0.1, 0.15) is 0 Å². The zero-order valence-corrected chi connectivity index (χ0v) is 10.5. The van der Waals surface area contributed by atoms with Gasteiger partial charge in [-0.25, -0.2) is 0 Å². The Morgan fingerprint density at radius 3 is 2.47 bits per heavy atom. The van der Waals surface area contributed by atoms with Crippen molar-refractivity contribution < 1.29 is 14.4 Å². The molecule has 0 heterocycles. The molecule has 0 aromatic heterocycles. The number of primary amides is 1. The Morgan fingerprint density at radius 1 is 1.26 bits per heavy atom. The number of hydrogen-bond acceptors (Lipinski definition) is 4. The second-order valence-electron chi connectivity index (χ2n) is 3.89. The van der Waals surface area contributed by atoms with Crippen LogP contribution in [0.2, 0.25) is 0 Å². The molecule has 1 aromatic carbocycles. The van der Waals surface area contributed by atoms with Crippen molar-refractivity contribution in [3.8, 4) is 0 Å². The summed E-state index contributed by atoms with van der Waals surface area (Å²) >= 11 is 0. The Morgan fingerprint density at radius 2 is 1.89 bits per heavy atom. The first kappa shape index (κ1) is 14.7. The number of nitrogens with two attached hydrogens (primary N) is 2. The second kappa shape index (κ2) is 6.50. The third-order valence-electron chi connectivity index (χ3n) is 2.41. The maximum Gasteiger partial charge on any atom is 0.253 e. The minimum Gasteiger partial charge on any atom is -0.370 e. The fraction of sp³-hybridized carbons (Fsp3) is 0.250. The Balaban J connectivity index is 2.85. The highest BCUT2D eigenvalue weighted by Crippen LogP contribution is 2.15. The zero-order chi connectivity index (χ0) is 14.4. The summed E-state index contributed by atoms with van der Waals surface area (Å²) in [6.07, 6.45) is -0.256. The van der Waals surface area contributed by atoms with Gasteiger partial charge in [0.2, 0.25) is 11.8 Å². The van der Waals surface area contributed by atoms with E-state index in [0.29, 0.717) is 11.3 Å². The lowest BCUT2D eigenvalue weighted by molar-refractivity contribution is -0.123. The number of carbonyl (C=O) groups excluding carboxylic acids is 3. The smallest absolute Gasteiger partial charge is 0.253 e. The molecule has 0 aliphatic carbocycles. The SMILES string of the molecule is CNC(=O)c1ccccc1NC(=O)C(N)CC(N)=O. The minimum absolute atomic E-state index is 0.256. The van der Waals surface area contributed by atoms with Crippen molar-refractivity contribution in [2.24, 2.45) is 11.5 Å². The number of rotatable bonds is 5. The number of benzene rings is 1. The van der Waals surface area contributed by atoms with Gasteiger partial charge in [0.05, 0.1) is 23.7 Å². The highest BCUT2D eigenvalue weighted by atomic mass is 16.2. The van der Waals surface area contributed by atoms with Crippen LogP contribution in [0.3, 0.4) is 0 Å². The third-order valence-corrected chi connectivity index (χ3v) is 2.41.